The lowest BCUT2D eigenvalue weighted by molar-refractivity contribution is -0.116. The number of halogens is 1. The predicted octanol–water partition coefficient (Wildman–Crippen LogP) is 6.10. The van der Waals surface area contributed by atoms with Gasteiger partial charge in [-0.05, 0) is 37.5 Å². The van der Waals surface area contributed by atoms with Gasteiger partial charge in [-0.15, -0.1) is 11.8 Å². The highest BCUT2D eigenvalue weighted by Crippen LogP contribution is 2.46. The molecule has 2 aromatic carbocycles. The van der Waals surface area contributed by atoms with Gasteiger partial charge in [0.1, 0.15) is 5.75 Å². The van der Waals surface area contributed by atoms with Gasteiger partial charge in [0, 0.05) is 34.0 Å². The SMILES string of the molecule is CCOc1ccccc1[C@H]1C(C#N)=C(SCc2ccccc2Cl)NC2=C1C(=O)CCC2. The Morgan fingerprint density at radius 1 is 1.19 bits per heavy atom. The number of para-hydroxylation sites is 1. The second kappa shape index (κ2) is 9.64. The summed E-state index contributed by atoms with van der Waals surface area (Å²) in [6.07, 6.45) is 2.12. The highest BCUT2D eigenvalue weighted by molar-refractivity contribution is 8.02. The van der Waals surface area contributed by atoms with Crippen LogP contribution in [0.4, 0.5) is 0 Å². The predicted molar refractivity (Wildman–Crippen MR) is 125 cm³/mol. The normalized spacial score (nSPS) is 18.4. The van der Waals surface area contributed by atoms with Crippen molar-refractivity contribution >= 4 is 29.1 Å². The second-order valence-corrected chi connectivity index (χ2v) is 8.83. The standard InChI is InChI=1S/C25H23ClN2O2S/c1-2-30-22-13-6-4-9-17(22)23-18(14-27)25(28-20-11-7-12-21(29)24(20)23)31-15-16-8-3-5-10-19(16)26/h3-6,8-10,13,23,28H,2,7,11-12,15H2,1H3/t23-/m0/s1. The number of allylic oxidation sites excluding steroid dienone is 3. The molecule has 158 valence electrons. The van der Waals surface area contributed by atoms with Crippen LogP contribution in [0.1, 0.15) is 43.2 Å². The minimum absolute atomic E-state index is 0.105. The fourth-order valence-electron chi connectivity index (χ4n) is 4.12. The molecule has 2 aliphatic rings. The molecule has 0 aromatic heterocycles. The van der Waals surface area contributed by atoms with Crippen molar-refractivity contribution in [2.75, 3.05) is 6.61 Å². The van der Waals surface area contributed by atoms with E-state index in [4.69, 9.17) is 16.3 Å². The van der Waals surface area contributed by atoms with Crippen molar-refractivity contribution in [3.63, 3.8) is 0 Å². The number of Topliss-reactive ketones (excluding diaryl/α,β-unsaturated/α-hetero) is 1. The van der Waals surface area contributed by atoms with Crippen molar-refractivity contribution in [1.29, 1.82) is 5.26 Å². The number of hydrogen-bond acceptors (Lipinski definition) is 5. The van der Waals surface area contributed by atoms with E-state index in [2.05, 4.69) is 11.4 Å². The molecule has 0 amide bonds. The quantitative estimate of drug-likeness (QED) is 0.576. The molecule has 0 saturated heterocycles. The van der Waals surface area contributed by atoms with Crippen LogP contribution in [0.2, 0.25) is 5.02 Å². The van der Waals surface area contributed by atoms with E-state index in [1.807, 2.05) is 55.5 Å². The Kier molecular flexibility index (Phi) is 6.70. The zero-order valence-electron chi connectivity index (χ0n) is 17.3. The maximum absolute atomic E-state index is 13.0. The van der Waals surface area contributed by atoms with E-state index in [0.717, 1.165) is 34.7 Å². The number of carbonyl (C=O) groups excluding carboxylic acids is 1. The summed E-state index contributed by atoms with van der Waals surface area (Å²) >= 11 is 7.88. The number of benzene rings is 2. The average molecular weight is 451 g/mol. The molecule has 2 aromatic rings. The molecule has 1 N–H and O–H groups in total. The van der Waals surface area contributed by atoms with Gasteiger partial charge in [0.15, 0.2) is 5.78 Å². The van der Waals surface area contributed by atoms with Crippen LogP contribution in [0.5, 0.6) is 5.75 Å². The molecule has 0 radical (unpaired) electrons. The van der Waals surface area contributed by atoms with E-state index >= 15 is 0 Å². The molecule has 0 unspecified atom stereocenters. The van der Waals surface area contributed by atoms with Crippen LogP contribution < -0.4 is 10.1 Å². The summed E-state index contributed by atoms with van der Waals surface area (Å²) < 4.78 is 5.87. The van der Waals surface area contributed by atoms with Gasteiger partial charge in [-0.25, -0.2) is 0 Å². The lowest BCUT2D eigenvalue weighted by Gasteiger charge is -2.34. The Labute approximate surface area is 191 Å². The molecule has 1 aliphatic heterocycles. The Balaban J connectivity index is 1.79. The summed E-state index contributed by atoms with van der Waals surface area (Å²) in [7, 11) is 0. The van der Waals surface area contributed by atoms with Gasteiger partial charge < -0.3 is 10.1 Å². The van der Waals surface area contributed by atoms with Crippen molar-refractivity contribution in [2.24, 2.45) is 0 Å². The van der Waals surface area contributed by atoms with Crippen molar-refractivity contribution in [3.8, 4) is 11.8 Å². The Bertz CT molecular complexity index is 1120. The molecule has 0 bridgehead atoms. The number of rotatable bonds is 6. The number of thioether (sulfide) groups is 1. The van der Waals surface area contributed by atoms with Crippen LogP contribution in [0.25, 0.3) is 0 Å². The fourth-order valence-corrected chi connectivity index (χ4v) is 5.47. The average Bonchev–Trinajstić information content (AvgIpc) is 2.78. The first-order chi connectivity index (χ1) is 15.1. The zero-order valence-corrected chi connectivity index (χ0v) is 18.9. The molecule has 6 heteroatoms. The molecule has 4 nitrogen and oxygen atoms in total. The lowest BCUT2D eigenvalue weighted by atomic mass is 9.76. The van der Waals surface area contributed by atoms with Crippen LogP contribution in [0, 0.1) is 11.3 Å². The summed E-state index contributed by atoms with van der Waals surface area (Å²) in [6.45, 7) is 2.45. The third-order valence-corrected chi connectivity index (χ3v) is 6.96. The number of nitriles is 1. The summed E-state index contributed by atoms with van der Waals surface area (Å²) in [4.78, 5) is 13.0. The maximum atomic E-state index is 13.0. The van der Waals surface area contributed by atoms with Crippen molar-refractivity contribution in [1.82, 2.24) is 5.32 Å². The first-order valence-corrected chi connectivity index (χ1v) is 11.8. The van der Waals surface area contributed by atoms with Gasteiger partial charge in [-0.3, -0.25) is 4.79 Å². The molecule has 31 heavy (non-hydrogen) atoms. The Morgan fingerprint density at radius 3 is 2.74 bits per heavy atom. The summed E-state index contributed by atoms with van der Waals surface area (Å²) in [5.41, 5.74) is 4.05. The monoisotopic (exact) mass is 450 g/mol. The molecule has 0 saturated carbocycles. The first kappa shape index (κ1) is 21.5. The van der Waals surface area contributed by atoms with E-state index in [1.165, 1.54) is 0 Å². The minimum Gasteiger partial charge on any atom is -0.494 e. The number of ether oxygens (including phenoxy) is 1. The van der Waals surface area contributed by atoms with Crippen LogP contribution in [-0.2, 0) is 10.5 Å². The van der Waals surface area contributed by atoms with Crippen LogP contribution in [0.3, 0.4) is 0 Å². The molecule has 1 aliphatic carbocycles. The van der Waals surface area contributed by atoms with Crippen LogP contribution in [-0.4, -0.2) is 12.4 Å². The number of dihydropyridines is 1. The molecule has 4 rings (SSSR count). The van der Waals surface area contributed by atoms with E-state index in [-0.39, 0.29) is 5.78 Å². The Hall–Kier alpha value is -2.68. The third kappa shape index (κ3) is 4.37. The van der Waals surface area contributed by atoms with Gasteiger partial charge in [-0.1, -0.05) is 48.0 Å². The second-order valence-electron chi connectivity index (χ2n) is 7.43. The fraction of sp³-hybridized carbons (Fsp3) is 0.280. The van der Waals surface area contributed by atoms with Crippen LogP contribution in [0.15, 0.2) is 70.4 Å². The number of hydrogen-bond donors (Lipinski definition) is 1. The Morgan fingerprint density at radius 2 is 1.97 bits per heavy atom. The summed E-state index contributed by atoms with van der Waals surface area (Å²) in [6, 6.07) is 17.8. The zero-order chi connectivity index (χ0) is 21.8. The van der Waals surface area contributed by atoms with E-state index in [1.54, 1.807) is 11.8 Å². The smallest absolute Gasteiger partial charge is 0.161 e. The van der Waals surface area contributed by atoms with Crippen LogP contribution >= 0.6 is 23.4 Å². The van der Waals surface area contributed by atoms with Gasteiger partial charge in [0.2, 0.25) is 0 Å². The number of carbonyl (C=O) groups is 1. The number of ketones is 1. The number of nitrogens with one attached hydrogen (secondary N) is 1. The molecule has 1 heterocycles. The summed E-state index contributed by atoms with van der Waals surface area (Å²) in [5, 5.41) is 15.1. The molecule has 0 fully saturated rings. The van der Waals surface area contributed by atoms with Crippen molar-refractivity contribution < 1.29 is 9.53 Å². The third-order valence-electron chi connectivity index (χ3n) is 5.52. The van der Waals surface area contributed by atoms with Crippen molar-refractivity contribution in [2.45, 2.75) is 37.9 Å². The van der Waals surface area contributed by atoms with E-state index < -0.39 is 5.92 Å². The van der Waals surface area contributed by atoms with Gasteiger partial charge >= 0.3 is 0 Å². The molecular weight excluding hydrogens is 428 g/mol. The number of nitrogens with zero attached hydrogens (tertiary/aromatic N) is 1. The first-order valence-electron chi connectivity index (χ1n) is 10.4. The highest BCUT2D eigenvalue weighted by Gasteiger charge is 2.38. The van der Waals surface area contributed by atoms with Gasteiger partial charge in [0.25, 0.3) is 0 Å². The van der Waals surface area contributed by atoms with Crippen molar-refractivity contribution in [3.05, 3.63) is 86.6 Å². The topological polar surface area (TPSA) is 62.1 Å². The molecule has 0 spiro atoms. The van der Waals surface area contributed by atoms with E-state index in [0.29, 0.717) is 40.7 Å². The minimum atomic E-state index is -0.425. The lowest BCUT2D eigenvalue weighted by Crippen LogP contribution is -2.31. The largest absolute Gasteiger partial charge is 0.494 e. The van der Waals surface area contributed by atoms with Gasteiger partial charge in [-0.2, -0.15) is 5.26 Å². The summed E-state index contributed by atoms with van der Waals surface area (Å²) in [5.74, 6) is 1.02. The maximum Gasteiger partial charge on any atom is 0.161 e. The molecular formula is C25H23ClN2O2S. The molecule has 1 atom stereocenters. The van der Waals surface area contributed by atoms with Gasteiger partial charge in [0.05, 0.1) is 29.2 Å². The van der Waals surface area contributed by atoms with E-state index in [9.17, 15) is 10.1 Å². The highest BCUT2D eigenvalue weighted by atomic mass is 35.5.